The number of likely N-dealkylation sites (tertiary alicyclic amines) is 1. The van der Waals surface area contributed by atoms with Crippen molar-refractivity contribution in [3.63, 3.8) is 0 Å². The summed E-state index contributed by atoms with van der Waals surface area (Å²) in [4.78, 5) is 67.8. The zero-order chi connectivity index (χ0) is 33.8. The normalized spacial score (nSPS) is 20.2. The molecule has 0 saturated carbocycles. The predicted octanol–water partition coefficient (Wildman–Crippen LogP) is 0.983. The first kappa shape index (κ1) is 34.6. The summed E-state index contributed by atoms with van der Waals surface area (Å²) in [5.41, 5.74) is -1.37. The van der Waals surface area contributed by atoms with Crippen molar-refractivity contribution < 1.29 is 28.0 Å². The topological polar surface area (TPSA) is 152 Å². The average Bonchev–Trinajstić information content (AvgIpc) is 3.44. The number of hydrogen-bond donors (Lipinski definition) is 4. The fourth-order valence-electron chi connectivity index (χ4n) is 5.37. The molecular weight excluding hydrogens is 600 g/mol. The van der Waals surface area contributed by atoms with Gasteiger partial charge in [0.05, 0.1) is 18.4 Å². The Kier molecular flexibility index (Phi) is 10.9. The summed E-state index contributed by atoms with van der Waals surface area (Å²) in [5, 5.41) is 10.7. The largest absolute Gasteiger partial charge is 0.353 e. The average molecular weight is 644 g/mol. The number of amides is 4. The lowest BCUT2D eigenvalue weighted by Gasteiger charge is -2.36. The molecule has 13 nitrogen and oxygen atoms in total. The molecule has 3 heterocycles. The van der Waals surface area contributed by atoms with Gasteiger partial charge < -0.3 is 36.0 Å². The quantitative estimate of drug-likeness (QED) is 0.314. The van der Waals surface area contributed by atoms with Crippen molar-refractivity contribution in [1.82, 2.24) is 35.7 Å². The number of nitrogens with one attached hydrogen (secondary N) is 4. The third-order valence-electron chi connectivity index (χ3n) is 8.36. The number of likely N-dealkylation sites (N-methyl/N-ethyl adjacent to an activating group) is 2. The third kappa shape index (κ3) is 8.12. The van der Waals surface area contributed by atoms with Crippen LogP contribution in [0, 0.1) is 17.0 Å². The Hall–Kier alpha value is -4.24. The molecule has 1 aromatic heterocycles. The van der Waals surface area contributed by atoms with Crippen LogP contribution in [0.3, 0.4) is 0 Å². The minimum atomic E-state index is -1.22. The highest BCUT2D eigenvalue weighted by Gasteiger charge is 2.45. The molecule has 15 heteroatoms. The number of carbonyl (C=O) groups excluding carboxylic acids is 4. The van der Waals surface area contributed by atoms with E-state index in [0.29, 0.717) is 5.82 Å². The van der Waals surface area contributed by atoms with E-state index in [1.165, 1.54) is 23.4 Å². The molecule has 0 aliphatic carbocycles. The molecule has 4 amide bonds. The fourth-order valence-corrected chi connectivity index (χ4v) is 5.37. The summed E-state index contributed by atoms with van der Waals surface area (Å²) in [6.45, 7) is 10.2. The third-order valence-corrected chi connectivity index (χ3v) is 8.36. The fraction of sp³-hybridized carbons (Fsp3) is 0.548. The number of halogens is 2. The first-order valence-corrected chi connectivity index (χ1v) is 15.3. The SMILES string of the molecule is CN[C@@H](C)C(=O)N[C@H](C(=O)N1C[C@@H](NC(=O)c2cnc(N3CCN(C)CC3)cn2)C[C@H]1C(=O)Nc1c(F)cccc1F)C(C)(C)C. The van der Waals surface area contributed by atoms with Crippen LogP contribution in [0.4, 0.5) is 20.3 Å². The van der Waals surface area contributed by atoms with Crippen molar-refractivity contribution in [2.75, 3.05) is 57.0 Å². The molecule has 4 N–H and O–H groups in total. The van der Waals surface area contributed by atoms with Crippen molar-refractivity contribution in [2.24, 2.45) is 5.41 Å². The summed E-state index contributed by atoms with van der Waals surface area (Å²) in [6.07, 6.45) is 2.86. The molecule has 2 saturated heterocycles. The molecule has 0 spiro atoms. The van der Waals surface area contributed by atoms with Crippen LogP contribution in [0.2, 0.25) is 0 Å². The number of piperazine rings is 1. The number of hydrogen-bond acceptors (Lipinski definition) is 9. The lowest BCUT2D eigenvalue weighted by molar-refractivity contribution is -0.143. The Morgan fingerprint density at radius 1 is 1.00 bits per heavy atom. The smallest absolute Gasteiger partial charge is 0.271 e. The van der Waals surface area contributed by atoms with Gasteiger partial charge in [0.2, 0.25) is 17.7 Å². The van der Waals surface area contributed by atoms with E-state index in [1.807, 2.05) is 7.05 Å². The molecule has 2 aliphatic heterocycles. The highest BCUT2D eigenvalue weighted by molar-refractivity contribution is 6.00. The van der Waals surface area contributed by atoms with Crippen molar-refractivity contribution in [3.05, 3.63) is 47.9 Å². The van der Waals surface area contributed by atoms with Gasteiger partial charge in [-0.15, -0.1) is 0 Å². The maximum absolute atomic E-state index is 14.4. The Balaban J connectivity index is 1.55. The molecule has 2 aromatic rings. The second-order valence-corrected chi connectivity index (χ2v) is 12.9. The molecule has 250 valence electrons. The van der Waals surface area contributed by atoms with Gasteiger partial charge in [0.1, 0.15) is 40.9 Å². The molecule has 4 atom stereocenters. The van der Waals surface area contributed by atoms with E-state index < -0.39 is 70.5 Å². The zero-order valence-corrected chi connectivity index (χ0v) is 27.1. The standard InChI is InChI=1S/C31H43F2N9O4/c1-18(34-5)27(43)39-26(31(2,3)4)30(46)42-17-19(14-23(42)29(45)38-25-20(32)8-7-9-21(25)33)37-28(44)22-15-36-24(16-35-22)41-12-10-40(6)11-13-41/h7-9,15-16,18-19,23,26,34H,10-14,17H2,1-6H3,(H,37,44)(H,38,45)(H,39,43)/t18-,19-,23-,26+/m0/s1. The van der Waals surface area contributed by atoms with E-state index in [0.717, 1.165) is 38.3 Å². The summed E-state index contributed by atoms with van der Waals surface area (Å²) in [7, 11) is 3.66. The predicted molar refractivity (Wildman–Crippen MR) is 168 cm³/mol. The molecule has 2 fully saturated rings. The van der Waals surface area contributed by atoms with Crippen LogP contribution in [0.25, 0.3) is 0 Å². The number of nitrogens with zero attached hydrogens (tertiary/aromatic N) is 5. The number of benzene rings is 1. The summed E-state index contributed by atoms with van der Waals surface area (Å²) in [5.74, 6) is -3.70. The monoisotopic (exact) mass is 643 g/mol. The Morgan fingerprint density at radius 2 is 1.65 bits per heavy atom. The van der Waals surface area contributed by atoms with Crippen LogP contribution >= 0.6 is 0 Å². The number of rotatable bonds is 9. The number of carbonyl (C=O) groups is 4. The highest BCUT2D eigenvalue weighted by atomic mass is 19.1. The van der Waals surface area contributed by atoms with Gasteiger partial charge >= 0.3 is 0 Å². The summed E-state index contributed by atoms with van der Waals surface area (Å²) >= 11 is 0. The van der Waals surface area contributed by atoms with Gasteiger partial charge in [-0.2, -0.15) is 0 Å². The van der Waals surface area contributed by atoms with E-state index in [-0.39, 0.29) is 18.7 Å². The number of aromatic nitrogens is 2. The first-order valence-electron chi connectivity index (χ1n) is 15.3. The molecule has 0 unspecified atom stereocenters. The minimum absolute atomic E-state index is 0.0517. The highest BCUT2D eigenvalue weighted by Crippen LogP contribution is 2.28. The second-order valence-electron chi connectivity index (χ2n) is 12.9. The maximum atomic E-state index is 14.4. The van der Waals surface area contributed by atoms with Crippen LogP contribution in [0.1, 0.15) is 44.6 Å². The Labute approximate surface area is 267 Å². The molecular formula is C31H43F2N9O4. The van der Waals surface area contributed by atoms with Crippen molar-refractivity contribution in [3.8, 4) is 0 Å². The van der Waals surface area contributed by atoms with E-state index in [2.05, 4.69) is 41.0 Å². The van der Waals surface area contributed by atoms with Crippen molar-refractivity contribution >= 4 is 35.1 Å². The Bertz CT molecular complexity index is 1410. The summed E-state index contributed by atoms with van der Waals surface area (Å²) < 4.78 is 28.9. The number of anilines is 2. The van der Waals surface area contributed by atoms with Crippen LogP contribution < -0.4 is 26.2 Å². The van der Waals surface area contributed by atoms with E-state index in [1.54, 1.807) is 34.7 Å². The molecule has 1 aromatic carbocycles. The molecule has 46 heavy (non-hydrogen) atoms. The van der Waals surface area contributed by atoms with Gasteiger partial charge in [-0.05, 0) is 45.0 Å². The van der Waals surface area contributed by atoms with Crippen molar-refractivity contribution in [1.29, 1.82) is 0 Å². The van der Waals surface area contributed by atoms with Crippen molar-refractivity contribution in [2.45, 2.75) is 58.3 Å². The van der Waals surface area contributed by atoms with Gasteiger partial charge in [0, 0.05) is 38.8 Å². The lowest BCUT2D eigenvalue weighted by Crippen LogP contribution is -2.59. The van der Waals surface area contributed by atoms with Crippen LogP contribution in [0.5, 0.6) is 0 Å². The molecule has 2 aliphatic rings. The van der Waals surface area contributed by atoms with Gasteiger partial charge in [0.25, 0.3) is 5.91 Å². The van der Waals surface area contributed by atoms with Gasteiger partial charge in [0.15, 0.2) is 0 Å². The lowest BCUT2D eigenvalue weighted by atomic mass is 9.85. The number of para-hydroxylation sites is 1. The molecule has 0 radical (unpaired) electrons. The maximum Gasteiger partial charge on any atom is 0.271 e. The zero-order valence-electron chi connectivity index (χ0n) is 27.1. The molecule has 0 bridgehead atoms. The van der Waals surface area contributed by atoms with E-state index in [4.69, 9.17) is 0 Å². The van der Waals surface area contributed by atoms with Gasteiger partial charge in [-0.3, -0.25) is 19.2 Å². The second kappa shape index (κ2) is 14.5. The summed E-state index contributed by atoms with van der Waals surface area (Å²) in [6, 6.07) is -0.419. The van der Waals surface area contributed by atoms with Gasteiger partial charge in [-0.25, -0.2) is 18.7 Å². The molecule has 4 rings (SSSR count). The first-order chi connectivity index (χ1) is 21.7. The van der Waals surface area contributed by atoms with Crippen LogP contribution in [-0.2, 0) is 14.4 Å². The Morgan fingerprint density at radius 3 is 2.22 bits per heavy atom. The van der Waals surface area contributed by atoms with E-state index >= 15 is 0 Å². The minimum Gasteiger partial charge on any atom is -0.353 e. The van der Waals surface area contributed by atoms with E-state index in [9.17, 15) is 28.0 Å². The van der Waals surface area contributed by atoms with Crippen LogP contribution in [0.15, 0.2) is 30.6 Å². The van der Waals surface area contributed by atoms with Crippen LogP contribution in [-0.4, -0.2) is 114 Å². The van der Waals surface area contributed by atoms with Gasteiger partial charge in [-0.1, -0.05) is 26.8 Å².